The van der Waals surface area contributed by atoms with Crippen LogP contribution in [0.1, 0.15) is 32.1 Å². The van der Waals surface area contributed by atoms with Gasteiger partial charge in [-0.15, -0.1) is 0 Å². The van der Waals surface area contributed by atoms with E-state index in [-0.39, 0.29) is 30.0 Å². The van der Waals surface area contributed by atoms with Gasteiger partial charge in [-0.2, -0.15) is 0 Å². The van der Waals surface area contributed by atoms with E-state index >= 15 is 0 Å². The van der Waals surface area contributed by atoms with Crippen LogP contribution in [0, 0.1) is 0 Å². The van der Waals surface area contributed by atoms with Gasteiger partial charge in [-0.25, -0.2) is 8.42 Å². The second-order valence-corrected chi connectivity index (χ2v) is 7.69. The van der Waals surface area contributed by atoms with Crippen molar-refractivity contribution in [3.05, 3.63) is 0 Å². The van der Waals surface area contributed by atoms with E-state index in [0.717, 1.165) is 25.8 Å². The molecule has 6 nitrogen and oxygen atoms in total. The van der Waals surface area contributed by atoms with Crippen molar-refractivity contribution in [1.82, 2.24) is 4.90 Å². The Morgan fingerprint density at radius 3 is 2.58 bits per heavy atom. The van der Waals surface area contributed by atoms with Crippen LogP contribution in [0.5, 0.6) is 0 Å². The molecule has 2 heterocycles. The molecule has 2 N–H and O–H groups in total. The summed E-state index contributed by atoms with van der Waals surface area (Å²) in [5, 5.41) is 18.7. The fourth-order valence-electron chi connectivity index (χ4n) is 3.19. The Labute approximate surface area is 113 Å². The van der Waals surface area contributed by atoms with Crippen molar-refractivity contribution in [1.29, 1.82) is 0 Å². The normalized spacial score (nSPS) is 35.3. The van der Waals surface area contributed by atoms with Crippen molar-refractivity contribution in [3.8, 4) is 0 Å². The molecule has 2 aliphatic heterocycles. The molecule has 0 saturated carbocycles. The van der Waals surface area contributed by atoms with Crippen molar-refractivity contribution in [3.63, 3.8) is 0 Å². The number of piperidine rings is 1. The highest BCUT2D eigenvalue weighted by Gasteiger charge is 2.42. The van der Waals surface area contributed by atoms with E-state index in [9.17, 15) is 18.3 Å². The van der Waals surface area contributed by atoms with Crippen LogP contribution in [0.2, 0.25) is 0 Å². The van der Waals surface area contributed by atoms with Gasteiger partial charge in [0.2, 0.25) is 0 Å². The van der Waals surface area contributed by atoms with E-state index in [1.54, 1.807) is 0 Å². The zero-order valence-electron chi connectivity index (χ0n) is 10.9. The van der Waals surface area contributed by atoms with Crippen LogP contribution in [0.15, 0.2) is 0 Å². The van der Waals surface area contributed by atoms with Crippen LogP contribution in [0.25, 0.3) is 0 Å². The summed E-state index contributed by atoms with van der Waals surface area (Å²) in [6.07, 6.45) is 2.69. The number of aliphatic hydroxyl groups is 1. The van der Waals surface area contributed by atoms with Gasteiger partial charge < -0.3 is 10.2 Å². The van der Waals surface area contributed by atoms with E-state index in [0.29, 0.717) is 6.42 Å². The third-order valence-electron chi connectivity index (χ3n) is 4.08. The minimum Gasteiger partial charge on any atom is -0.481 e. The monoisotopic (exact) mass is 291 g/mol. The molecular formula is C12H21NO5S. The highest BCUT2D eigenvalue weighted by atomic mass is 32.2. The zero-order valence-corrected chi connectivity index (χ0v) is 11.7. The molecule has 110 valence electrons. The average molecular weight is 291 g/mol. The summed E-state index contributed by atoms with van der Waals surface area (Å²) in [5.41, 5.74) is 0. The number of nitrogens with zero attached hydrogens (tertiary/aromatic N) is 1. The predicted octanol–water partition coefficient (Wildman–Crippen LogP) is -0.136. The lowest BCUT2D eigenvalue weighted by Gasteiger charge is -2.40. The highest BCUT2D eigenvalue weighted by molar-refractivity contribution is 7.91. The molecule has 3 atom stereocenters. The molecule has 0 aromatic rings. The molecule has 0 bridgehead atoms. The molecule has 0 aliphatic carbocycles. The lowest BCUT2D eigenvalue weighted by atomic mass is 9.95. The summed E-state index contributed by atoms with van der Waals surface area (Å²) in [6.45, 7) is 0.752. The predicted molar refractivity (Wildman–Crippen MR) is 69.7 cm³/mol. The first-order chi connectivity index (χ1) is 8.89. The largest absolute Gasteiger partial charge is 0.481 e. The van der Waals surface area contributed by atoms with Gasteiger partial charge in [0.15, 0.2) is 9.84 Å². The van der Waals surface area contributed by atoms with Crippen LogP contribution in [0.4, 0.5) is 0 Å². The second-order valence-electron chi connectivity index (χ2n) is 5.53. The average Bonchev–Trinajstić information content (AvgIpc) is 2.60. The molecular weight excluding hydrogens is 270 g/mol. The second kappa shape index (κ2) is 5.76. The van der Waals surface area contributed by atoms with Crippen LogP contribution in [-0.4, -0.2) is 65.7 Å². The Morgan fingerprint density at radius 2 is 2.00 bits per heavy atom. The van der Waals surface area contributed by atoms with Gasteiger partial charge in [0, 0.05) is 12.5 Å². The molecule has 2 aliphatic rings. The van der Waals surface area contributed by atoms with E-state index in [1.165, 1.54) is 0 Å². The fourth-order valence-corrected chi connectivity index (χ4v) is 5.00. The third kappa shape index (κ3) is 3.67. The molecule has 2 rings (SSSR count). The number of aliphatic hydroxyl groups excluding tert-OH is 1. The minimum atomic E-state index is -3.16. The first-order valence-electron chi connectivity index (χ1n) is 6.75. The molecule has 7 heteroatoms. The van der Waals surface area contributed by atoms with Crippen molar-refractivity contribution in [2.45, 2.75) is 50.3 Å². The summed E-state index contributed by atoms with van der Waals surface area (Å²) < 4.78 is 23.2. The summed E-state index contributed by atoms with van der Waals surface area (Å²) in [7, 11) is -3.16. The number of hydrogen-bond acceptors (Lipinski definition) is 5. The molecule has 0 aromatic carbocycles. The molecule has 0 amide bonds. The molecule has 3 unspecified atom stereocenters. The van der Waals surface area contributed by atoms with E-state index in [4.69, 9.17) is 5.11 Å². The van der Waals surface area contributed by atoms with E-state index in [1.807, 2.05) is 4.90 Å². The Kier molecular flexibility index (Phi) is 4.47. The Balaban J connectivity index is 2.05. The number of aliphatic carboxylic acids is 1. The van der Waals surface area contributed by atoms with Crippen molar-refractivity contribution < 1.29 is 23.4 Å². The first-order valence-corrected chi connectivity index (χ1v) is 8.57. The summed E-state index contributed by atoms with van der Waals surface area (Å²) in [5.74, 6) is -0.998. The zero-order chi connectivity index (χ0) is 14.0. The summed E-state index contributed by atoms with van der Waals surface area (Å²) in [6, 6.07) is -0.276. The maximum atomic E-state index is 11.6. The number of carboxylic acid groups (broad SMARTS) is 1. The van der Waals surface area contributed by atoms with Gasteiger partial charge >= 0.3 is 5.97 Å². The van der Waals surface area contributed by atoms with Gasteiger partial charge in [-0.1, -0.05) is 6.42 Å². The number of hydrogen-bond donors (Lipinski definition) is 2. The Hall–Kier alpha value is -0.660. The van der Waals surface area contributed by atoms with E-state index in [2.05, 4.69) is 0 Å². The van der Waals surface area contributed by atoms with Crippen molar-refractivity contribution in [2.24, 2.45) is 0 Å². The summed E-state index contributed by atoms with van der Waals surface area (Å²) >= 11 is 0. The minimum absolute atomic E-state index is 0.00224. The summed E-state index contributed by atoms with van der Waals surface area (Å²) in [4.78, 5) is 12.7. The lowest BCUT2D eigenvalue weighted by Crippen LogP contribution is -2.51. The van der Waals surface area contributed by atoms with Crippen LogP contribution in [-0.2, 0) is 14.6 Å². The Bertz CT molecular complexity index is 435. The standard InChI is InChI=1S/C12H21NO5S/c14-11-8-19(17,18)7-10(11)13-6-2-1-3-9(13)4-5-12(15)16/h9-11,14H,1-8H2,(H,15,16). The molecule has 0 spiro atoms. The molecule has 2 fully saturated rings. The van der Waals surface area contributed by atoms with Gasteiger partial charge in [0.1, 0.15) is 0 Å². The maximum absolute atomic E-state index is 11.6. The number of carboxylic acids is 1. The number of carbonyl (C=O) groups is 1. The number of likely N-dealkylation sites (tertiary alicyclic amines) is 1. The molecule has 2 saturated heterocycles. The number of sulfone groups is 1. The smallest absolute Gasteiger partial charge is 0.303 e. The highest BCUT2D eigenvalue weighted by Crippen LogP contribution is 2.28. The Morgan fingerprint density at radius 1 is 1.26 bits per heavy atom. The molecule has 0 radical (unpaired) electrons. The topological polar surface area (TPSA) is 94.9 Å². The van der Waals surface area contributed by atoms with Crippen LogP contribution < -0.4 is 0 Å². The quantitative estimate of drug-likeness (QED) is 0.749. The van der Waals surface area contributed by atoms with E-state index < -0.39 is 21.9 Å². The van der Waals surface area contributed by atoms with Crippen molar-refractivity contribution >= 4 is 15.8 Å². The maximum Gasteiger partial charge on any atom is 0.303 e. The van der Waals surface area contributed by atoms with Crippen LogP contribution in [0.3, 0.4) is 0 Å². The fraction of sp³-hybridized carbons (Fsp3) is 0.917. The molecule has 19 heavy (non-hydrogen) atoms. The van der Waals surface area contributed by atoms with Crippen LogP contribution >= 0.6 is 0 Å². The van der Waals surface area contributed by atoms with Gasteiger partial charge in [-0.05, 0) is 25.8 Å². The van der Waals surface area contributed by atoms with Crippen molar-refractivity contribution in [2.75, 3.05) is 18.1 Å². The lowest BCUT2D eigenvalue weighted by molar-refractivity contribution is -0.137. The van der Waals surface area contributed by atoms with Gasteiger partial charge in [-0.3, -0.25) is 9.69 Å². The third-order valence-corrected chi connectivity index (χ3v) is 5.78. The molecule has 0 aromatic heterocycles. The van der Waals surface area contributed by atoms with Gasteiger partial charge in [0.25, 0.3) is 0 Å². The number of rotatable bonds is 4. The SMILES string of the molecule is O=C(O)CCC1CCCCN1C1CS(=O)(=O)CC1O. The first kappa shape index (κ1) is 14.7. The van der Waals surface area contributed by atoms with Gasteiger partial charge in [0.05, 0.1) is 23.7 Å².